The maximum absolute atomic E-state index is 12.8. The summed E-state index contributed by atoms with van der Waals surface area (Å²) in [6.45, 7) is -0.289. The van der Waals surface area contributed by atoms with Gasteiger partial charge in [-0.2, -0.15) is 0 Å². The Morgan fingerprint density at radius 3 is 2.31 bits per heavy atom. The number of nitrogens with zero attached hydrogens (tertiary/aromatic N) is 1. The third kappa shape index (κ3) is 2.26. The third-order valence-corrected chi connectivity index (χ3v) is 6.76. The molecule has 0 N–H and O–H groups in total. The van der Waals surface area contributed by atoms with E-state index in [0.29, 0.717) is 22.4 Å². The van der Waals surface area contributed by atoms with Gasteiger partial charge in [0.1, 0.15) is 13.2 Å². The van der Waals surface area contributed by atoms with Crippen LogP contribution in [0.15, 0.2) is 36.4 Å². The number of likely N-dealkylation sites (tertiary alicyclic amines) is 1. The number of carbonyl (C=O) groups excluding carboxylic acids is 3. The van der Waals surface area contributed by atoms with Crippen LogP contribution in [0.3, 0.4) is 0 Å². The number of hydrogen-bond donors (Lipinski definition) is 0. The van der Waals surface area contributed by atoms with Crippen LogP contribution in [0.4, 0.5) is 0 Å². The normalized spacial score (nSPS) is 36.1. The second-order valence-electron chi connectivity index (χ2n) is 7.67. The van der Waals surface area contributed by atoms with Gasteiger partial charge in [0.2, 0.25) is 11.8 Å². The SMILES string of the molecule is O=C(CN1C(=O)[C@H]2[C@@H]3C=C[C@@H]([C@H]4C[C@H]34)[C@@H]2C1=O)OCc1ccccc1Cl. The molecule has 0 radical (unpaired) electrons. The Balaban J connectivity index is 1.27. The molecule has 6 atom stereocenters. The molecule has 26 heavy (non-hydrogen) atoms. The van der Waals surface area contributed by atoms with E-state index >= 15 is 0 Å². The van der Waals surface area contributed by atoms with E-state index in [9.17, 15) is 14.4 Å². The molecule has 2 bridgehead atoms. The number of esters is 1. The number of amides is 2. The summed E-state index contributed by atoms with van der Waals surface area (Å²) in [5, 5.41) is 0.515. The molecule has 134 valence electrons. The second kappa shape index (κ2) is 5.68. The number of halogens is 1. The van der Waals surface area contributed by atoms with Crippen LogP contribution in [0.2, 0.25) is 5.02 Å². The fourth-order valence-electron chi connectivity index (χ4n) is 5.12. The lowest BCUT2D eigenvalue weighted by Crippen LogP contribution is -2.40. The number of benzene rings is 1. The summed E-state index contributed by atoms with van der Waals surface area (Å²) in [5.41, 5.74) is 0.692. The molecule has 4 aliphatic carbocycles. The van der Waals surface area contributed by atoms with E-state index < -0.39 is 5.97 Å². The van der Waals surface area contributed by atoms with Gasteiger partial charge < -0.3 is 4.74 Å². The molecule has 0 aromatic heterocycles. The van der Waals surface area contributed by atoms with Crippen molar-refractivity contribution in [3.8, 4) is 0 Å². The number of carbonyl (C=O) groups is 3. The minimum atomic E-state index is -0.587. The molecule has 3 fully saturated rings. The molecule has 5 aliphatic rings. The molecule has 0 unspecified atom stereocenters. The molecule has 2 saturated carbocycles. The Bertz CT molecular complexity index is 814. The summed E-state index contributed by atoms with van der Waals surface area (Å²) < 4.78 is 5.23. The van der Waals surface area contributed by atoms with Gasteiger partial charge >= 0.3 is 5.97 Å². The highest BCUT2D eigenvalue weighted by Crippen LogP contribution is 2.65. The van der Waals surface area contributed by atoms with Crippen LogP contribution in [0.5, 0.6) is 0 Å². The van der Waals surface area contributed by atoms with Gasteiger partial charge in [-0.1, -0.05) is 42.0 Å². The largest absolute Gasteiger partial charge is 0.459 e. The summed E-state index contributed by atoms with van der Waals surface area (Å²) in [6, 6.07) is 7.09. The second-order valence-corrected chi connectivity index (χ2v) is 8.08. The molecule has 0 spiro atoms. The minimum Gasteiger partial charge on any atom is -0.459 e. The zero-order valence-electron chi connectivity index (χ0n) is 14.0. The van der Waals surface area contributed by atoms with Crippen molar-refractivity contribution in [2.24, 2.45) is 35.5 Å². The van der Waals surface area contributed by atoms with Crippen molar-refractivity contribution < 1.29 is 19.1 Å². The maximum atomic E-state index is 12.8. The van der Waals surface area contributed by atoms with Crippen LogP contribution in [0.1, 0.15) is 12.0 Å². The summed E-state index contributed by atoms with van der Waals surface area (Å²) >= 11 is 6.05. The lowest BCUT2D eigenvalue weighted by atomic mass is 9.63. The van der Waals surface area contributed by atoms with Crippen molar-refractivity contribution in [2.45, 2.75) is 13.0 Å². The van der Waals surface area contributed by atoms with E-state index in [1.807, 2.05) is 0 Å². The van der Waals surface area contributed by atoms with E-state index in [1.54, 1.807) is 24.3 Å². The van der Waals surface area contributed by atoms with Gasteiger partial charge in [0.05, 0.1) is 11.8 Å². The van der Waals surface area contributed by atoms with E-state index in [0.717, 1.165) is 11.3 Å². The molecule has 6 rings (SSSR count). The van der Waals surface area contributed by atoms with E-state index in [-0.39, 0.29) is 48.6 Å². The highest BCUT2D eigenvalue weighted by molar-refractivity contribution is 6.31. The Kier molecular flexibility index (Phi) is 3.51. The molecule has 1 aliphatic heterocycles. The van der Waals surface area contributed by atoms with Crippen LogP contribution >= 0.6 is 11.6 Å². The summed E-state index contributed by atoms with van der Waals surface area (Å²) in [6.07, 6.45) is 5.35. The Hall–Kier alpha value is -2.14. The molecular weight excluding hydrogens is 354 g/mol. The van der Waals surface area contributed by atoms with Gasteiger partial charge in [0.25, 0.3) is 0 Å². The fourth-order valence-corrected chi connectivity index (χ4v) is 5.31. The average molecular weight is 372 g/mol. The zero-order chi connectivity index (χ0) is 18.0. The number of imide groups is 1. The smallest absolute Gasteiger partial charge is 0.326 e. The van der Waals surface area contributed by atoms with Crippen molar-refractivity contribution in [1.82, 2.24) is 4.90 Å². The van der Waals surface area contributed by atoms with Crippen molar-refractivity contribution >= 4 is 29.4 Å². The molecule has 1 saturated heterocycles. The predicted octanol–water partition coefficient (Wildman–Crippen LogP) is 2.44. The molecule has 6 heteroatoms. The van der Waals surface area contributed by atoms with Gasteiger partial charge in [-0.25, -0.2) is 0 Å². The topological polar surface area (TPSA) is 63.7 Å². The van der Waals surface area contributed by atoms with Gasteiger partial charge in [-0.05, 0) is 36.2 Å². The van der Waals surface area contributed by atoms with Crippen LogP contribution in [-0.4, -0.2) is 29.2 Å². The standard InChI is InChI=1S/C20H18ClNO4/c21-15-4-2-1-3-10(15)9-26-16(23)8-22-19(24)17-11-5-6-12(14-7-13(11)14)18(17)20(22)25/h1-6,11-14,17-18H,7-9H2/t11-,12+,13-,14-,17+,18+/m1/s1. The van der Waals surface area contributed by atoms with Crippen LogP contribution in [-0.2, 0) is 25.7 Å². The third-order valence-electron chi connectivity index (χ3n) is 6.39. The first-order valence-electron chi connectivity index (χ1n) is 8.99. The average Bonchev–Trinajstić information content (AvgIpc) is 3.42. The zero-order valence-corrected chi connectivity index (χ0v) is 14.8. The molecule has 2 amide bonds. The number of ether oxygens (including phenoxy) is 1. The molecule has 1 heterocycles. The van der Waals surface area contributed by atoms with Crippen LogP contribution in [0.25, 0.3) is 0 Å². The van der Waals surface area contributed by atoms with Crippen molar-refractivity contribution in [3.05, 3.63) is 47.0 Å². The summed E-state index contributed by atoms with van der Waals surface area (Å²) in [4.78, 5) is 38.9. The van der Waals surface area contributed by atoms with E-state index in [1.165, 1.54) is 0 Å². The lowest BCUT2D eigenvalue weighted by Gasteiger charge is -2.37. The minimum absolute atomic E-state index is 0.0263. The molecule has 1 aromatic rings. The molecule has 1 aromatic carbocycles. The van der Waals surface area contributed by atoms with Crippen LogP contribution in [0, 0.1) is 35.5 Å². The molecule has 5 nitrogen and oxygen atoms in total. The predicted molar refractivity (Wildman–Crippen MR) is 92.7 cm³/mol. The first-order chi connectivity index (χ1) is 12.6. The van der Waals surface area contributed by atoms with Gasteiger partial charge in [0, 0.05) is 10.6 Å². The lowest BCUT2D eigenvalue weighted by molar-refractivity contribution is -0.154. The Morgan fingerprint density at radius 2 is 1.69 bits per heavy atom. The van der Waals surface area contributed by atoms with Crippen molar-refractivity contribution in [3.63, 3.8) is 0 Å². The summed E-state index contributed by atoms with van der Waals surface area (Å²) in [5.74, 6) is -0.138. The number of rotatable bonds is 4. The highest BCUT2D eigenvalue weighted by Gasteiger charge is 2.67. The highest BCUT2D eigenvalue weighted by atomic mass is 35.5. The fraction of sp³-hybridized carbons (Fsp3) is 0.450. The Labute approximate surface area is 155 Å². The van der Waals surface area contributed by atoms with Crippen LogP contribution < -0.4 is 0 Å². The van der Waals surface area contributed by atoms with Crippen molar-refractivity contribution in [1.29, 1.82) is 0 Å². The maximum Gasteiger partial charge on any atom is 0.326 e. The number of allylic oxidation sites excluding steroid dienone is 2. The first kappa shape index (κ1) is 16.1. The van der Waals surface area contributed by atoms with Gasteiger partial charge in [-0.15, -0.1) is 0 Å². The van der Waals surface area contributed by atoms with Gasteiger partial charge in [-0.3, -0.25) is 19.3 Å². The first-order valence-corrected chi connectivity index (χ1v) is 9.36. The Morgan fingerprint density at radius 1 is 1.08 bits per heavy atom. The van der Waals surface area contributed by atoms with E-state index in [2.05, 4.69) is 12.2 Å². The monoisotopic (exact) mass is 371 g/mol. The van der Waals surface area contributed by atoms with E-state index in [4.69, 9.17) is 16.3 Å². The number of hydrogen-bond acceptors (Lipinski definition) is 4. The van der Waals surface area contributed by atoms with Gasteiger partial charge in [0.15, 0.2) is 0 Å². The van der Waals surface area contributed by atoms with Crippen molar-refractivity contribution in [2.75, 3.05) is 6.54 Å². The molecular formula is C20H18ClNO4. The summed E-state index contributed by atoms with van der Waals surface area (Å²) in [7, 11) is 0. The quantitative estimate of drug-likeness (QED) is 0.463.